The molecule has 0 spiro atoms. The Morgan fingerprint density at radius 3 is 2.82 bits per heavy atom. The maximum Gasteiger partial charge on any atom is 0.246 e. The van der Waals surface area contributed by atoms with Gasteiger partial charge >= 0.3 is 0 Å². The molecule has 0 atom stereocenters. The predicted octanol–water partition coefficient (Wildman–Crippen LogP) is 5.11. The number of anilines is 2. The number of furan rings is 1. The van der Waals surface area contributed by atoms with Crippen molar-refractivity contribution in [1.82, 2.24) is 14.9 Å². The first kappa shape index (κ1) is 25.2. The molecule has 4 aromatic rings. The van der Waals surface area contributed by atoms with E-state index in [1.54, 1.807) is 36.5 Å². The number of hydrogen-bond donors (Lipinski definition) is 1. The van der Waals surface area contributed by atoms with E-state index in [1.165, 1.54) is 0 Å². The zero-order chi connectivity index (χ0) is 26.6. The molecule has 0 aliphatic carbocycles. The highest BCUT2D eigenvalue weighted by Gasteiger charge is 2.18. The third kappa shape index (κ3) is 5.44. The van der Waals surface area contributed by atoms with Gasteiger partial charge < -0.3 is 19.5 Å². The number of nitrogens with one attached hydrogen (secondary N) is 1. The molecule has 4 heterocycles. The minimum absolute atomic E-state index is 0.00939. The van der Waals surface area contributed by atoms with Crippen LogP contribution in [0.2, 0.25) is 0 Å². The van der Waals surface area contributed by atoms with Gasteiger partial charge in [-0.2, -0.15) is 0 Å². The summed E-state index contributed by atoms with van der Waals surface area (Å²) in [7, 11) is 3.81. The first-order chi connectivity index (χ1) is 18.4. The smallest absolute Gasteiger partial charge is 0.246 e. The van der Waals surface area contributed by atoms with Gasteiger partial charge in [-0.25, -0.2) is 4.98 Å². The molecular weight excluding hydrogens is 478 g/mol. The Bertz CT molecular complexity index is 1510. The molecule has 5 rings (SSSR count). The fraction of sp³-hybridized carbons (Fsp3) is 0.267. The Labute approximate surface area is 222 Å². The van der Waals surface area contributed by atoms with E-state index < -0.39 is 0 Å². The Kier molecular flexibility index (Phi) is 7.22. The number of rotatable bonds is 7. The van der Waals surface area contributed by atoms with Gasteiger partial charge in [-0.05, 0) is 66.8 Å². The largest absolute Gasteiger partial charge is 0.459 e. The Morgan fingerprint density at radius 1 is 1.13 bits per heavy atom. The van der Waals surface area contributed by atoms with Gasteiger partial charge in [-0.1, -0.05) is 12.1 Å². The summed E-state index contributed by atoms with van der Waals surface area (Å²) in [4.78, 5) is 37.0. The number of nitrogens with zero attached hydrogens (tertiary/aromatic N) is 4. The van der Waals surface area contributed by atoms with Crippen molar-refractivity contribution < 1.29 is 14.0 Å². The number of carbonyl (C=O) groups excluding carboxylic acids is 2. The summed E-state index contributed by atoms with van der Waals surface area (Å²) >= 11 is 0. The molecule has 38 heavy (non-hydrogen) atoms. The second-order valence-corrected chi connectivity index (χ2v) is 9.71. The van der Waals surface area contributed by atoms with Crippen LogP contribution in [0, 0.1) is 6.92 Å². The summed E-state index contributed by atoms with van der Waals surface area (Å²) in [5.41, 5.74) is 5.86. The maximum atomic E-state index is 12.9. The molecule has 8 nitrogen and oxygen atoms in total. The highest BCUT2D eigenvalue weighted by atomic mass is 16.3. The van der Waals surface area contributed by atoms with Crippen molar-refractivity contribution in [2.45, 2.75) is 39.3 Å². The molecule has 194 valence electrons. The van der Waals surface area contributed by atoms with Crippen molar-refractivity contribution >= 4 is 40.4 Å². The number of pyridine rings is 2. The lowest BCUT2D eigenvalue weighted by Gasteiger charge is -2.19. The standard InChI is InChI=1S/C30H31N5O3/c1-20-26(38-25-10-4-8-23(29(20)25)18-34(2)24-9-6-14-31-17-24)19-35(3)28(37)13-12-21-15-22-7-5-11-27(36)33-30(22)32-16-21/h4,6,8-10,12-17H,5,7,11,18-19H2,1-3H3,(H,32,33,36)/b13-12+. The quantitative estimate of drug-likeness (QED) is 0.348. The van der Waals surface area contributed by atoms with Crippen LogP contribution in [0.4, 0.5) is 11.5 Å². The molecule has 3 aromatic heterocycles. The SMILES string of the molecule is Cc1c(CN(C)C(=O)/C=C/c2cnc3c(c2)CCCC(=O)N3)oc2cccc(CN(C)c3cccnc3)c12. The second-order valence-electron chi connectivity index (χ2n) is 9.71. The van der Waals surface area contributed by atoms with Gasteiger partial charge in [0.2, 0.25) is 11.8 Å². The highest BCUT2D eigenvalue weighted by Crippen LogP contribution is 2.30. The van der Waals surface area contributed by atoms with Crippen molar-refractivity contribution in [3.63, 3.8) is 0 Å². The number of aromatic nitrogens is 2. The van der Waals surface area contributed by atoms with Crippen LogP contribution >= 0.6 is 0 Å². The van der Waals surface area contributed by atoms with Gasteiger partial charge in [0.1, 0.15) is 17.2 Å². The van der Waals surface area contributed by atoms with Crippen LogP contribution in [-0.4, -0.2) is 40.8 Å². The molecule has 0 fully saturated rings. The van der Waals surface area contributed by atoms with Gasteiger partial charge in [0, 0.05) is 56.5 Å². The van der Waals surface area contributed by atoms with Gasteiger partial charge in [0.25, 0.3) is 0 Å². The topological polar surface area (TPSA) is 91.6 Å². The van der Waals surface area contributed by atoms with E-state index in [0.29, 0.717) is 25.3 Å². The Hall–Kier alpha value is -4.46. The van der Waals surface area contributed by atoms with E-state index in [2.05, 4.69) is 26.3 Å². The summed E-state index contributed by atoms with van der Waals surface area (Å²) in [5, 5.41) is 3.91. The average Bonchev–Trinajstić information content (AvgIpc) is 3.11. The monoisotopic (exact) mass is 509 g/mol. The second kappa shape index (κ2) is 10.9. The lowest BCUT2D eigenvalue weighted by atomic mass is 10.0. The van der Waals surface area contributed by atoms with Crippen LogP contribution in [0.15, 0.2) is 65.5 Å². The van der Waals surface area contributed by atoms with E-state index in [9.17, 15) is 9.59 Å². The van der Waals surface area contributed by atoms with Crippen molar-refractivity contribution in [2.24, 2.45) is 0 Å². The number of fused-ring (bicyclic) bond motifs is 2. The summed E-state index contributed by atoms with van der Waals surface area (Å²) in [6.07, 6.45) is 10.7. The number of carbonyl (C=O) groups is 2. The Balaban J connectivity index is 1.29. The molecule has 0 unspecified atom stereocenters. The van der Waals surface area contributed by atoms with E-state index in [1.807, 2.05) is 50.5 Å². The van der Waals surface area contributed by atoms with Crippen LogP contribution in [0.25, 0.3) is 17.0 Å². The van der Waals surface area contributed by atoms with Crippen molar-refractivity contribution in [2.75, 3.05) is 24.3 Å². The Morgan fingerprint density at radius 2 is 2.00 bits per heavy atom. The number of hydrogen-bond acceptors (Lipinski definition) is 6. The van der Waals surface area contributed by atoms with E-state index >= 15 is 0 Å². The first-order valence-corrected chi connectivity index (χ1v) is 12.7. The number of amides is 2. The average molecular weight is 510 g/mol. The molecule has 0 saturated heterocycles. The molecule has 1 aliphatic heterocycles. The highest BCUT2D eigenvalue weighted by molar-refractivity contribution is 5.93. The summed E-state index contributed by atoms with van der Waals surface area (Å²) in [6.45, 7) is 3.11. The lowest BCUT2D eigenvalue weighted by Crippen LogP contribution is -2.24. The summed E-state index contributed by atoms with van der Waals surface area (Å²) in [6, 6.07) is 12.0. The fourth-order valence-corrected chi connectivity index (χ4v) is 4.79. The number of aryl methyl sites for hydroxylation is 2. The minimum atomic E-state index is -0.135. The maximum absolute atomic E-state index is 12.9. The zero-order valence-corrected chi connectivity index (χ0v) is 21.9. The molecule has 1 aliphatic rings. The van der Waals surface area contributed by atoms with Crippen LogP contribution in [0.3, 0.4) is 0 Å². The van der Waals surface area contributed by atoms with Crippen molar-refractivity contribution in [3.8, 4) is 0 Å². The van der Waals surface area contributed by atoms with Crippen LogP contribution in [0.5, 0.6) is 0 Å². The molecular formula is C30H31N5O3. The number of benzene rings is 1. The molecule has 0 radical (unpaired) electrons. The summed E-state index contributed by atoms with van der Waals surface area (Å²) < 4.78 is 6.20. The number of likely N-dealkylation sites (N-methyl/N-ethyl adjacent to an activating group) is 1. The van der Waals surface area contributed by atoms with Crippen LogP contribution < -0.4 is 10.2 Å². The third-order valence-corrected chi connectivity index (χ3v) is 6.90. The minimum Gasteiger partial charge on any atom is -0.459 e. The van der Waals surface area contributed by atoms with Gasteiger partial charge in [-0.3, -0.25) is 14.6 Å². The normalized spacial score (nSPS) is 13.3. The van der Waals surface area contributed by atoms with E-state index in [4.69, 9.17) is 4.42 Å². The zero-order valence-electron chi connectivity index (χ0n) is 21.9. The van der Waals surface area contributed by atoms with Gasteiger partial charge in [0.15, 0.2) is 0 Å². The molecule has 1 N–H and O–H groups in total. The van der Waals surface area contributed by atoms with Crippen LogP contribution in [-0.2, 0) is 29.1 Å². The van der Waals surface area contributed by atoms with Crippen molar-refractivity contribution in [3.05, 3.63) is 89.1 Å². The molecule has 0 saturated carbocycles. The summed E-state index contributed by atoms with van der Waals surface area (Å²) in [5.74, 6) is 1.23. The molecule has 8 heteroatoms. The van der Waals surface area contributed by atoms with E-state index in [0.717, 1.165) is 57.5 Å². The fourth-order valence-electron chi connectivity index (χ4n) is 4.79. The molecule has 2 amide bonds. The van der Waals surface area contributed by atoms with Crippen LogP contribution in [0.1, 0.15) is 40.9 Å². The molecule has 0 bridgehead atoms. The predicted molar refractivity (Wildman–Crippen MR) is 149 cm³/mol. The first-order valence-electron chi connectivity index (χ1n) is 12.7. The van der Waals surface area contributed by atoms with E-state index in [-0.39, 0.29) is 11.8 Å². The van der Waals surface area contributed by atoms with Gasteiger partial charge in [0.05, 0.1) is 18.4 Å². The van der Waals surface area contributed by atoms with Crippen molar-refractivity contribution in [1.29, 1.82) is 0 Å². The van der Waals surface area contributed by atoms with Gasteiger partial charge in [-0.15, -0.1) is 0 Å². The molecule has 1 aromatic carbocycles. The third-order valence-electron chi connectivity index (χ3n) is 6.90. The lowest BCUT2D eigenvalue weighted by molar-refractivity contribution is -0.125.